The molecule has 116 valence electrons. The van der Waals surface area contributed by atoms with Gasteiger partial charge in [0.15, 0.2) is 5.70 Å². The number of nitrogens with zero attached hydrogens (tertiary/aromatic N) is 1. The Kier molecular flexibility index (Phi) is 4.64. The Bertz CT molecular complexity index is 874. The highest BCUT2D eigenvalue weighted by Gasteiger charge is 2.26. The molecule has 1 heterocycles. The molecular weight excluding hydrogens is 380 g/mol. The highest BCUT2D eigenvalue weighted by atomic mass is 35.5. The topological polar surface area (TPSA) is 38.7 Å². The fraction of sp³-hybridized carbons (Fsp3) is 0. The van der Waals surface area contributed by atoms with Crippen LogP contribution in [0.1, 0.15) is 11.1 Å². The number of ether oxygens (including phenoxy) is 1. The van der Waals surface area contributed by atoms with Crippen LogP contribution in [-0.4, -0.2) is 11.9 Å². The number of rotatable bonds is 2. The lowest BCUT2D eigenvalue weighted by Crippen LogP contribution is -2.06. The Morgan fingerprint density at radius 1 is 0.913 bits per heavy atom. The lowest BCUT2D eigenvalue weighted by atomic mass is 10.2. The quantitative estimate of drug-likeness (QED) is 0.494. The number of hydrogen-bond acceptors (Lipinski definition) is 3. The zero-order chi connectivity index (χ0) is 16.6. The van der Waals surface area contributed by atoms with Crippen LogP contribution in [0.15, 0.2) is 47.1 Å². The molecule has 0 spiro atoms. The summed E-state index contributed by atoms with van der Waals surface area (Å²) in [7, 11) is 0. The van der Waals surface area contributed by atoms with Crippen LogP contribution in [0.5, 0.6) is 0 Å². The molecule has 0 aromatic heterocycles. The lowest BCUT2D eigenvalue weighted by molar-refractivity contribution is -0.129. The second-order valence-electron chi connectivity index (χ2n) is 4.63. The molecule has 0 atom stereocenters. The average molecular weight is 387 g/mol. The predicted octanol–water partition coefficient (Wildman–Crippen LogP) is 5.64. The molecule has 1 aliphatic rings. The van der Waals surface area contributed by atoms with Crippen LogP contribution in [0.4, 0.5) is 0 Å². The van der Waals surface area contributed by atoms with Crippen molar-refractivity contribution in [1.29, 1.82) is 0 Å². The van der Waals surface area contributed by atoms with Crippen molar-refractivity contribution in [2.45, 2.75) is 0 Å². The molecule has 2 aromatic carbocycles. The van der Waals surface area contributed by atoms with E-state index in [0.717, 1.165) is 0 Å². The van der Waals surface area contributed by atoms with Crippen molar-refractivity contribution in [3.05, 3.63) is 73.3 Å². The number of hydrogen-bond donors (Lipinski definition) is 0. The number of aliphatic imine (C=N–C) groups is 1. The highest BCUT2D eigenvalue weighted by molar-refractivity contribution is 6.37. The lowest BCUT2D eigenvalue weighted by Gasteiger charge is -2.02. The summed E-state index contributed by atoms with van der Waals surface area (Å²) < 4.78 is 5.16. The Morgan fingerprint density at radius 2 is 1.61 bits per heavy atom. The van der Waals surface area contributed by atoms with Crippen LogP contribution in [0.2, 0.25) is 20.1 Å². The van der Waals surface area contributed by atoms with Gasteiger partial charge < -0.3 is 4.74 Å². The van der Waals surface area contributed by atoms with Gasteiger partial charge >= 0.3 is 5.97 Å². The maximum atomic E-state index is 12.0. The maximum Gasteiger partial charge on any atom is 0.363 e. The minimum atomic E-state index is -0.595. The first kappa shape index (κ1) is 16.3. The largest absolute Gasteiger partial charge is 0.402 e. The number of carbonyl (C=O) groups excluding carboxylic acids is 1. The molecule has 0 unspecified atom stereocenters. The molecule has 0 saturated carbocycles. The van der Waals surface area contributed by atoms with E-state index in [0.29, 0.717) is 31.2 Å². The first-order valence-electron chi connectivity index (χ1n) is 6.37. The van der Waals surface area contributed by atoms with Gasteiger partial charge in [-0.25, -0.2) is 9.79 Å². The van der Waals surface area contributed by atoms with Crippen LogP contribution in [0, 0.1) is 0 Å². The summed E-state index contributed by atoms with van der Waals surface area (Å²) in [5.74, 6) is -0.499. The van der Waals surface area contributed by atoms with Gasteiger partial charge in [-0.15, -0.1) is 0 Å². The minimum absolute atomic E-state index is 0.0961. The van der Waals surface area contributed by atoms with Crippen LogP contribution in [0.25, 0.3) is 6.08 Å². The SMILES string of the molecule is O=C1OC(c2cc(Cl)ccc2Cl)=N/C1=C\c1ccc(Cl)cc1Cl. The van der Waals surface area contributed by atoms with Gasteiger partial charge in [0.2, 0.25) is 5.90 Å². The molecule has 1 aliphatic heterocycles. The second-order valence-corrected chi connectivity index (χ2v) is 6.31. The van der Waals surface area contributed by atoms with Crippen molar-refractivity contribution in [2.75, 3.05) is 0 Å². The van der Waals surface area contributed by atoms with Gasteiger partial charge in [0.25, 0.3) is 0 Å². The Morgan fingerprint density at radius 3 is 2.35 bits per heavy atom. The second kappa shape index (κ2) is 6.54. The van der Waals surface area contributed by atoms with E-state index >= 15 is 0 Å². The van der Waals surface area contributed by atoms with E-state index in [2.05, 4.69) is 4.99 Å². The van der Waals surface area contributed by atoms with Crippen LogP contribution >= 0.6 is 46.4 Å². The van der Waals surface area contributed by atoms with Gasteiger partial charge in [0.05, 0.1) is 10.6 Å². The van der Waals surface area contributed by atoms with Gasteiger partial charge in [-0.1, -0.05) is 52.5 Å². The third kappa shape index (κ3) is 3.54. The van der Waals surface area contributed by atoms with Gasteiger partial charge in [0, 0.05) is 15.1 Å². The molecule has 23 heavy (non-hydrogen) atoms. The van der Waals surface area contributed by atoms with Crippen LogP contribution in [0.3, 0.4) is 0 Å². The van der Waals surface area contributed by atoms with Crippen molar-refractivity contribution >= 4 is 64.3 Å². The van der Waals surface area contributed by atoms with E-state index in [4.69, 9.17) is 51.1 Å². The summed E-state index contributed by atoms with van der Waals surface area (Å²) in [5.41, 5.74) is 1.16. The molecule has 0 amide bonds. The van der Waals surface area contributed by atoms with E-state index in [9.17, 15) is 4.79 Å². The Labute approximate surface area is 152 Å². The number of halogens is 4. The molecule has 0 N–H and O–H groups in total. The minimum Gasteiger partial charge on any atom is -0.402 e. The number of carbonyl (C=O) groups is 1. The molecule has 3 rings (SSSR count). The van der Waals surface area contributed by atoms with Crippen LogP contribution < -0.4 is 0 Å². The fourth-order valence-electron chi connectivity index (χ4n) is 1.95. The molecule has 0 aliphatic carbocycles. The summed E-state index contributed by atoms with van der Waals surface area (Å²) in [4.78, 5) is 16.2. The molecule has 7 heteroatoms. The normalized spacial score (nSPS) is 15.7. The van der Waals surface area contributed by atoms with E-state index in [1.165, 1.54) is 6.08 Å². The zero-order valence-electron chi connectivity index (χ0n) is 11.3. The van der Waals surface area contributed by atoms with Crippen LogP contribution in [-0.2, 0) is 9.53 Å². The van der Waals surface area contributed by atoms with Gasteiger partial charge in [-0.3, -0.25) is 0 Å². The number of benzene rings is 2. The Hall–Kier alpha value is -1.52. The number of esters is 1. The van der Waals surface area contributed by atoms with Crippen molar-refractivity contribution in [1.82, 2.24) is 0 Å². The molecule has 3 nitrogen and oxygen atoms in total. The molecule has 0 saturated heterocycles. The summed E-state index contributed by atoms with van der Waals surface area (Å²) in [6.45, 7) is 0. The molecule has 0 radical (unpaired) electrons. The van der Waals surface area contributed by atoms with Crippen molar-refractivity contribution in [3.8, 4) is 0 Å². The third-order valence-corrected chi connectivity index (χ3v) is 4.16. The molecule has 2 aromatic rings. The van der Waals surface area contributed by atoms with E-state index < -0.39 is 5.97 Å². The predicted molar refractivity (Wildman–Crippen MR) is 93.5 cm³/mol. The summed E-state index contributed by atoms with van der Waals surface area (Å²) in [6.07, 6.45) is 1.52. The summed E-state index contributed by atoms with van der Waals surface area (Å²) >= 11 is 24.0. The highest BCUT2D eigenvalue weighted by Crippen LogP contribution is 2.28. The van der Waals surface area contributed by atoms with Gasteiger partial charge in [-0.2, -0.15) is 0 Å². The average Bonchev–Trinajstić information content (AvgIpc) is 2.85. The standard InChI is InChI=1S/C16H7Cl4NO2/c17-9-3-4-12(19)11(6-9)15-21-14(16(22)23-15)5-8-1-2-10(18)7-13(8)20/h1-7H/b14-5-. The molecular formula is C16H7Cl4NO2. The monoisotopic (exact) mass is 385 g/mol. The van der Waals surface area contributed by atoms with E-state index in [1.807, 2.05) is 0 Å². The van der Waals surface area contributed by atoms with Crippen molar-refractivity contribution in [3.63, 3.8) is 0 Å². The first-order chi connectivity index (χ1) is 10.9. The van der Waals surface area contributed by atoms with Crippen molar-refractivity contribution < 1.29 is 9.53 Å². The van der Waals surface area contributed by atoms with Gasteiger partial charge in [-0.05, 0) is 42.0 Å². The maximum absolute atomic E-state index is 12.0. The first-order valence-corrected chi connectivity index (χ1v) is 7.88. The van der Waals surface area contributed by atoms with Crippen molar-refractivity contribution in [2.24, 2.45) is 4.99 Å². The summed E-state index contributed by atoms with van der Waals surface area (Å²) in [6, 6.07) is 9.74. The zero-order valence-corrected chi connectivity index (χ0v) is 14.3. The third-order valence-electron chi connectivity index (χ3n) is 3.03. The smallest absolute Gasteiger partial charge is 0.363 e. The summed E-state index contributed by atoms with van der Waals surface area (Å²) in [5, 5.41) is 1.75. The molecule has 0 fully saturated rings. The van der Waals surface area contributed by atoms with E-state index in [-0.39, 0.29) is 11.6 Å². The number of cyclic esters (lactones) is 1. The molecule has 0 bridgehead atoms. The van der Waals surface area contributed by atoms with Gasteiger partial charge in [0.1, 0.15) is 0 Å². The fourth-order valence-corrected chi connectivity index (χ4v) is 2.79. The van der Waals surface area contributed by atoms with E-state index in [1.54, 1.807) is 36.4 Å². The Balaban J connectivity index is 2.01.